The Morgan fingerprint density at radius 2 is 1.08 bits per heavy atom. The summed E-state index contributed by atoms with van der Waals surface area (Å²) in [4.78, 5) is 0. The minimum absolute atomic E-state index is 0.943. The minimum atomic E-state index is 0.943. The monoisotopic (exact) mass is 497 g/mol. The molecule has 3 heteroatoms. The summed E-state index contributed by atoms with van der Waals surface area (Å²) < 4.78 is 0. The Hall–Kier alpha value is 0.195. The van der Waals surface area contributed by atoms with Crippen LogP contribution in [0.4, 0.5) is 0 Å². The van der Waals surface area contributed by atoms with Gasteiger partial charge in [-0.2, -0.15) is 0 Å². The Morgan fingerprint density at radius 1 is 0.583 bits per heavy atom. The average molecular weight is 496 g/mol. The van der Waals surface area contributed by atoms with E-state index in [9.17, 15) is 0 Å². The van der Waals surface area contributed by atoms with Gasteiger partial charge in [0, 0.05) is 0 Å². The second kappa shape index (κ2) is 23.1. The summed E-state index contributed by atoms with van der Waals surface area (Å²) in [5.41, 5.74) is 0. The van der Waals surface area contributed by atoms with Crippen molar-refractivity contribution in [3.8, 4) is 0 Å². The molecule has 0 amide bonds. The van der Waals surface area contributed by atoms with Crippen molar-refractivity contribution in [2.45, 2.75) is 210 Å². The van der Waals surface area contributed by atoms with E-state index in [4.69, 9.17) is 0 Å². The van der Waals surface area contributed by atoms with Crippen LogP contribution in [0.2, 0.25) is 36.4 Å². The van der Waals surface area contributed by atoms with Crippen molar-refractivity contribution in [3.05, 3.63) is 0 Å². The predicted octanol–water partition coefficient (Wildman–Crippen LogP) is 11.1. The summed E-state index contributed by atoms with van der Waals surface area (Å²) >= 11 is 0. The van der Waals surface area contributed by atoms with Gasteiger partial charge in [-0.25, -0.2) is 0 Å². The van der Waals surface area contributed by atoms with E-state index < -0.39 is 0 Å². The number of rotatable bonds is 9. The zero-order valence-corrected chi connectivity index (χ0v) is 25.5. The summed E-state index contributed by atoms with van der Waals surface area (Å²) in [6.45, 7) is 4.78. The molecule has 2 aliphatic rings. The molecule has 1 saturated heterocycles. The van der Waals surface area contributed by atoms with Gasteiger partial charge in [-0.3, -0.25) is 0 Å². The van der Waals surface area contributed by atoms with Crippen molar-refractivity contribution < 1.29 is 0 Å². The Bertz CT molecular complexity index is 468. The molecule has 0 aromatic rings. The zero-order valence-electron chi connectivity index (χ0n) is 25.5. The molecule has 0 radical (unpaired) electrons. The molecule has 2 fully saturated rings. The van der Waals surface area contributed by atoms with E-state index in [1.54, 1.807) is 53.1 Å². The maximum absolute atomic E-state index is 2.43. The van der Waals surface area contributed by atoms with Crippen LogP contribution in [0.25, 0.3) is 0 Å². The quantitative estimate of drug-likeness (QED) is 0.220. The molecule has 1 saturated carbocycles. The molecule has 2 bridgehead atoms. The second-order valence-corrected chi connectivity index (χ2v) is 13.7. The third-order valence-electron chi connectivity index (χ3n) is 10.3. The normalized spacial score (nSPS) is 27.4. The largest absolute Gasteiger partial charge is 0.127 e. The van der Waals surface area contributed by atoms with Gasteiger partial charge in [-0.05, 0) is 0 Å². The van der Waals surface area contributed by atoms with E-state index in [2.05, 4.69) is 13.7 Å². The van der Waals surface area contributed by atoms with Gasteiger partial charge in [0.05, 0.1) is 0 Å². The van der Waals surface area contributed by atoms with Crippen LogP contribution in [0.5, 0.6) is 0 Å². The smallest absolute Gasteiger partial charge is 0.0891 e. The topological polar surface area (TPSA) is 0 Å². The van der Waals surface area contributed by atoms with E-state index in [-0.39, 0.29) is 0 Å². The van der Waals surface area contributed by atoms with Crippen LogP contribution in [0.15, 0.2) is 0 Å². The van der Waals surface area contributed by atoms with Crippen molar-refractivity contribution in [2.75, 3.05) is 0 Å². The molecular weight excluding hydrogens is 429 g/mol. The highest BCUT2D eigenvalue weighted by Gasteiger charge is 2.19. The van der Waals surface area contributed by atoms with Crippen LogP contribution in [0, 0.1) is 0 Å². The molecule has 0 aromatic heterocycles. The van der Waals surface area contributed by atoms with Crippen molar-refractivity contribution in [2.24, 2.45) is 0 Å². The molecule has 36 heavy (non-hydrogen) atoms. The molecule has 1 heterocycles. The van der Waals surface area contributed by atoms with Gasteiger partial charge < -0.3 is 0 Å². The molecule has 4 unspecified atom stereocenters. The summed E-state index contributed by atoms with van der Waals surface area (Å²) in [6.07, 6.45) is 41.0. The summed E-state index contributed by atoms with van der Waals surface area (Å²) in [5, 5.41) is 0. The van der Waals surface area contributed by atoms with E-state index in [0.717, 1.165) is 23.3 Å². The van der Waals surface area contributed by atoms with Crippen molar-refractivity contribution in [3.63, 3.8) is 0 Å². The Balaban J connectivity index is 1.84. The molecule has 4 atom stereocenters. The van der Waals surface area contributed by atoms with Gasteiger partial charge >= 0.3 is 0 Å². The Morgan fingerprint density at radius 3 is 1.75 bits per heavy atom. The first-order chi connectivity index (χ1) is 17.8. The molecule has 0 nitrogen and oxygen atoms in total. The second-order valence-electron chi connectivity index (χ2n) is 13.7. The number of hydrogen-bond donors (Lipinski definition) is 0. The van der Waals surface area contributed by atoms with Gasteiger partial charge in [0.1, 0.15) is 21.8 Å². The van der Waals surface area contributed by atoms with Gasteiger partial charge in [-0.15, -0.1) is 0 Å². The standard InChI is InChI=1S/C33H67B3/c1-30(34-2)22-14-8-6-11-17-25-32-26-18-12-7-13-21-29-35-31-23-15-9-4-3-5-10-16-27-33(36-32)28-20-19-24-31/h30-36H,3-29H2,1-2H3. The Kier molecular flexibility index (Phi) is 20.8. The van der Waals surface area contributed by atoms with Crippen molar-refractivity contribution >= 4 is 21.8 Å². The molecule has 0 N–H and O–H groups in total. The lowest BCUT2D eigenvalue weighted by Crippen LogP contribution is -2.13. The highest BCUT2D eigenvalue weighted by Crippen LogP contribution is 2.34. The van der Waals surface area contributed by atoms with Gasteiger partial charge in [0.2, 0.25) is 0 Å². The molecular formula is C33H67B3. The molecule has 1 aliphatic heterocycles. The number of hydrogen-bond acceptors (Lipinski definition) is 0. The van der Waals surface area contributed by atoms with Gasteiger partial charge in [-0.1, -0.05) is 210 Å². The van der Waals surface area contributed by atoms with Crippen LogP contribution in [-0.2, 0) is 0 Å². The average Bonchev–Trinajstić information content (AvgIpc) is 2.89. The molecule has 2 rings (SSSR count). The van der Waals surface area contributed by atoms with Crippen molar-refractivity contribution in [1.29, 1.82) is 0 Å². The summed E-state index contributed by atoms with van der Waals surface area (Å²) in [7, 11) is 4.49. The molecule has 208 valence electrons. The maximum atomic E-state index is 2.43. The maximum Gasteiger partial charge on any atom is 0.127 e. The summed E-state index contributed by atoms with van der Waals surface area (Å²) in [6, 6.07) is 0. The molecule has 1 aliphatic carbocycles. The van der Waals surface area contributed by atoms with E-state index in [1.807, 2.05) is 0 Å². The van der Waals surface area contributed by atoms with Crippen molar-refractivity contribution in [1.82, 2.24) is 0 Å². The molecule has 0 spiro atoms. The van der Waals surface area contributed by atoms with E-state index in [0.29, 0.717) is 0 Å². The molecule has 0 aromatic carbocycles. The first-order valence-corrected chi connectivity index (χ1v) is 17.8. The van der Waals surface area contributed by atoms with Crippen LogP contribution >= 0.6 is 0 Å². The van der Waals surface area contributed by atoms with E-state index in [1.165, 1.54) is 142 Å². The van der Waals surface area contributed by atoms with Gasteiger partial charge in [0.25, 0.3) is 0 Å². The van der Waals surface area contributed by atoms with Crippen LogP contribution in [0.1, 0.15) is 174 Å². The lowest BCUT2D eigenvalue weighted by Gasteiger charge is -2.24. The minimum Gasteiger partial charge on any atom is -0.0891 e. The summed E-state index contributed by atoms with van der Waals surface area (Å²) in [5.74, 6) is 4.08. The SMILES string of the molecule is CBC(C)CCCCCCCC1BC2CCCCCCCCCC(BCCCCCCC1)CCCC2. The van der Waals surface area contributed by atoms with Gasteiger partial charge in [0.15, 0.2) is 0 Å². The fraction of sp³-hybridized carbons (Fsp3) is 1.00. The lowest BCUT2D eigenvalue weighted by molar-refractivity contribution is 0.511. The highest BCUT2D eigenvalue weighted by molar-refractivity contribution is 6.39. The Labute approximate surface area is 231 Å². The highest BCUT2D eigenvalue weighted by atomic mass is 14.1. The predicted molar refractivity (Wildman–Crippen MR) is 173 cm³/mol. The first kappa shape index (κ1) is 32.4. The van der Waals surface area contributed by atoms with Crippen LogP contribution < -0.4 is 0 Å². The fourth-order valence-corrected chi connectivity index (χ4v) is 7.51. The van der Waals surface area contributed by atoms with Crippen LogP contribution in [0.3, 0.4) is 0 Å². The van der Waals surface area contributed by atoms with Crippen LogP contribution in [-0.4, -0.2) is 21.8 Å². The number of unbranched alkanes of at least 4 members (excludes halogenated alkanes) is 4. The fourth-order valence-electron chi connectivity index (χ4n) is 7.51. The lowest BCUT2D eigenvalue weighted by atomic mass is 9.50. The van der Waals surface area contributed by atoms with E-state index >= 15 is 0 Å². The first-order valence-electron chi connectivity index (χ1n) is 17.8. The number of fused-ring (bicyclic) bond motifs is 5. The third kappa shape index (κ3) is 17.7. The zero-order chi connectivity index (χ0) is 25.5. The third-order valence-corrected chi connectivity index (χ3v) is 10.3.